The maximum atomic E-state index is 12.1. The quantitative estimate of drug-likeness (QED) is 0.686. The van der Waals surface area contributed by atoms with Crippen molar-refractivity contribution in [1.29, 1.82) is 0 Å². The molecule has 1 saturated heterocycles. The van der Waals surface area contributed by atoms with Gasteiger partial charge in [0.15, 0.2) is 0 Å². The largest absolute Gasteiger partial charge is 0.380 e. The van der Waals surface area contributed by atoms with E-state index in [1.807, 2.05) is 20.8 Å². The smallest absolute Gasteiger partial charge is 0.245 e. The molecule has 1 aliphatic rings. The molecule has 2 amide bonds. The maximum Gasteiger partial charge on any atom is 0.245 e. The molecular weight excluding hydrogens is 220 g/mol. The molecule has 5 nitrogen and oxygen atoms in total. The predicted molar refractivity (Wildman–Crippen MR) is 64.5 cm³/mol. The molecule has 1 rings (SSSR count). The Balaban J connectivity index is 2.52. The van der Waals surface area contributed by atoms with E-state index in [-0.39, 0.29) is 24.4 Å². The Hall–Kier alpha value is -1.10. The standard InChI is InChI=1S/C12H22N2O3/c1-4-17-6-5-14-8-11(15)13-10(12(14)16)7-9(2)3/h9-10H,4-8H2,1-3H3,(H,13,15). The van der Waals surface area contributed by atoms with Crippen LogP contribution in [0.15, 0.2) is 0 Å². The summed E-state index contributed by atoms with van der Waals surface area (Å²) in [6.45, 7) is 7.76. The molecule has 1 atom stereocenters. The number of amides is 2. The first-order valence-electron chi connectivity index (χ1n) is 6.20. The molecule has 1 N–H and O–H groups in total. The van der Waals surface area contributed by atoms with E-state index in [0.717, 1.165) is 0 Å². The molecule has 0 saturated carbocycles. The number of nitrogens with zero attached hydrogens (tertiary/aromatic N) is 1. The van der Waals surface area contributed by atoms with Crippen LogP contribution in [0.5, 0.6) is 0 Å². The van der Waals surface area contributed by atoms with Crippen molar-refractivity contribution in [3.8, 4) is 0 Å². The van der Waals surface area contributed by atoms with Gasteiger partial charge in [-0.25, -0.2) is 0 Å². The van der Waals surface area contributed by atoms with Gasteiger partial charge in [-0.2, -0.15) is 0 Å². The zero-order valence-electron chi connectivity index (χ0n) is 10.9. The number of carbonyl (C=O) groups excluding carboxylic acids is 2. The third-order valence-electron chi connectivity index (χ3n) is 2.70. The first-order chi connectivity index (χ1) is 8.04. The summed E-state index contributed by atoms with van der Waals surface area (Å²) in [6, 6.07) is -0.363. The number of hydrogen-bond acceptors (Lipinski definition) is 3. The number of ether oxygens (including phenoxy) is 1. The monoisotopic (exact) mass is 242 g/mol. The van der Waals surface area contributed by atoms with E-state index in [2.05, 4.69) is 5.32 Å². The molecule has 0 aromatic carbocycles. The summed E-state index contributed by atoms with van der Waals surface area (Å²) in [7, 11) is 0. The second-order valence-corrected chi connectivity index (χ2v) is 4.71. The number of hydrogen-bond donors (Lipinski definition) is 1. The highest BCUT2D eigenvalue weighted by atomic mass is 16.5. The van der Waals surface area contributed by atoms with E-state index in [0.29, 0.717) is 32.1 Å². The lowest BCUT2D eigenvalue weighted by Crippen LogP contribution is -2.58. The van der Waals surface area contributed by atoms with Crippen LogP contribution in [0.25, 0.3) is 0 Å². The lowest BCUT2D eigenvalue weighted by molar-refractivity contribution is -0.145. The zero-order chi connectivity index (χ0) is 12.8. The Labute approximate surface area is 102 Å². The van der Waals surface area contributed by atoms with Crippen LogP contribution in [0.2, 0.25) is 0 Å². The van der Waals surface area contributed by atoms with Crippen molar-refractivity contribution in [3.63, 3.8) is 0 Å². The van der Waals surface area contributed by atoms with Crippen molar-refractivity contribution in [2.24, 2.45) is 5.92 Å². The van der Waals surface area contributed by atoms with Gasteiger partial charge in [-0.1, -0.05) is 13.8 Å². The fraction of sp³-hybridized carbons (Fsp3) is 0.833. The van der Waals surface area contributed by atoms with Crippen LogP contribution in [0.4, 0.5) is 0 Å². The van der Waals surface area contributed by atoms with E-state index >= 15 is 0 Å². The number of piperazine rings is 1. The van der Waals surface area contributed by atoms with Gasteiger partial charge in [0, 0.05) is 13.2 Å². The number of carbonyl (C=O) groups is 2. The molecular formula is C12H22N2O3. The van der Waals surface area contributed by atoms with E-state index in [1.165, 1.54) is 0 Å². The van der Waals surface area contributed by atoms with Gasteiger partial charge in [-0.3, -0.25) is 9.59 Å². The molecule has 17 heavy (non-hydrogen) atoms. The predicted octanol–water partition coefficient (Wildman–Crippen LogP) is 0.396. The molecule has 0 aliphatic carbocycles. The lowest BCUT2D eigenvalue weighted by Gasteiger charge is -2.33. The topological polar surface area (TPSA) is 58.6 Å². The summed E-state index contributed by atoms with van der Waals surface area (Å²) in [5.41, 5.74) is 0. The Bertz CT molecular complexity index is 279. The summed E-state index contributed by atoms with van der Waals surface area (Å²) in [4.78, 5) is 25.1. The van der Waals surface area contributed by atoms with Crippen LogP contribution in [0.1, 0.15) is 27.2 Å². The summed E-state index contributed by atoms with van der Waals surface area (Å²) >= 11 is 0. The highest BCUT2D eigenvalue weighted by molar-refractivity contribution is 5.94. The second-order valence-electron chi connectivity index (χ2n) is 4.71. The molecule has 0 bridgehead atoms. The fourth-order valence-corrected chi connectivity index (χ4v) is 1.91. The first-order valence-corrected chi connectivity index (χ1v) is 6.20. The van der Waals surface area contributed by atoms with E-state index in [9.17, 15) is 9.59 Å². The SMILES string of the molecule is CCOCCN1CC(=O)NC(CC(C)C)C1=O. The van der Waals surface area contributed by atoms with Gasteiger partial charge in [-0.15, -0.1) is 0 Å². The Morgan fingerprint density at radius 3 is 2.76 bits per heavy atom. The van der Waals surface area contributed by atoms with Crippen LogP contribution in [-0.2, 0) is 14.3 Å². The van der Waals surface area contributed by atoms with Gasteiger partial charge in [0.25, 0.3) is 0 Å². The molecule has 0 aromatic rings. The van der Waals surface area contributed by atoms with Crippen molar-refractivity contribution >= 4 is 11.8 Å². The van der Waals surface area contributed by atoms with Crippen LogP contribution in [-0.4, -0.2) is 49.1 Å². The number of nitrogens with one attached hydrogen (secondary N) is 1. The molecule has 5 heteroatoms. The van der Waals surface area contributed by atoms with Gasteiger partial charge < -0.3 is 15.0 Å². The molecule has 1 aliphatic heterocycles. The van der Waals surface area contributed by atoms with Gasteiger partial charge >= 0.3 is 0 Å². The van der Waals surface area contributed by atoms with Gasteiger partial charge in [0.1, 0.15) is 6.04 Å². The van der Waals surface area contributed by atoms with Crippen LogP contribution >= 0.6 is 0 Å². The molecule has 0 spiro atoms. The van der Waals surface area contributed by atoms with Crippen LogP contribution in [0, 0.1) is 5.92 Å². The van der Waals surface area contributed by atoms with Gasteiger partial charge in [0.05, 0.1) is 13.2 Å². The lowest BCUT2D eigenvalue weighted by atomic mass is 10.0. The molecule has 1 heterocycles. The summed E-state index contributed by atoms with van der Waals surface area (Å²) < 4.78 is 5.21. The Kier molecular flexibility index (Phi) is 5.41. The molecule has 1 unspecified atom stereocenters. The van der Waals surface area contributed by atoms with E-state index in [4.69, 9.17) is 4.74 Å². The third kappa shape index (κ3) is 4.34. The van der Waals surface area contributed by atoms with Crippen molar-refractivity contribution in [2.45, 2.75) is 33.2 Å². The highest BCUT2D eigenvalue weighted by Crippen LogP contribution is 2.11. The van der Waals surface area contributed by atoms with Gasteiger partial charge in [-0.05, 0) is 19.3 Å². The third-order valence-corrected chi connectivity index (χ3v) is 2.70. The molecule has 1 fully saturated rings. The van der Waals surface area contributed by atoms with Crippen LogP contribution < -0.4 is 5.32 Å². The highest BCUT2D eigenvalue weighted by Gasteiger charge is 2.32. The summed E-state index contributed by atoms with van der Waals surface area (Å²) in [6.07, 6.45) is 0.690. The van der Waals surface area contributed by atoms with Crippen molar-refractivity contribution in [3.05, 3.63) is 0 Å². The summed E-state index contributed by atoms with van der Waals surface area (Å²) in [5, 5.41) is 2.75. The molecule has 0 aromatic heterocycles. The van der Waals surface area contributed by atoms with Crippen molar-refractivity contribution in [1.82, 2.24) is 10.2 Å². The minimum absolute atomic E-state index is 0.0120. The fourth-order valence-electron chi connectivity index (χ4n) is 1.91. The summed E-state index contributed by atoms with van der Waals surface area (Å²) in [5.74, 6) is 0.320. The normalized spacial score (nSPS) is 20.9. The average Bonchev–Trinajstić information content (AvgIpc) is 2.24. The molecule has 98 valence electrons. The van der Waals surface area contributed by atoms with Crippen LogP contribution in [0.3, 0.4) is 0 Å². The number of rotatable bonds is 6. The van der Waals surface area contributed by atoms with Crippen molar-refractivity contribution in [2.75, 3.05) is 26.3 Å². The Morgan fingerprint density at radius 2 is 2.18 bits per heavy atom. The molecule has 0 radical (unpaired) electrons. The van der Waals surface area contributed by atoms with E-state index in [1.54, 1.807) is 4.90 Å². The average molecular weight is 242 g/mol. The van der Waals surface area contributed by atoms with Gasteiger partial charge in [0.2, 0.25) is 11.8 Å². The Morgan fingerprint density at radius 1 is 1.47 bits per heavy atom. The minimum atomic E-state index is -0.363. The first kappa shape index (κ1) is 14.0. The zero-order valence-corrected chi connectivity index (χ0v) is 10.9. The van der Waals surface area contributed by atoms with E-state index < -0.39 is 0 Å². The maximum absolute atomic E-state index is 12.1. The second kappa shape index (κ2) is 6.59. The minimum Gasteiger partial charge on any atom is -0.380 e. The van der Waals surface area contributed by atoms with Crippen molar-refractivity contribution < 1.29 is 14.3 Å².